The standard InChI is InChI=1S/C22H41N5O7/c1-4-26-8-11-5-6-12(23)18(33-11)15-13(24)7-14(27-10-28)19(16(15)29)34-21-17(30)20(25-3)22(2,31)9-32-21/h5,10,12-21,25-26,29-31H,4,6-9,23-24H2,1-3H3,(H,27,28). The summed E-state index contributed by atoms with van der Waals surface area (Å²) in [5.74, 6) is 0.155. The van der Waals surface area contributed by atoms with Crippen molar-refractivity contribution in [3.05, 3.63) is 11.8 Å². The Morgan fingerprint density at radius 3 is 2.68 bits per heavy atom. The van der Waals surface area contributed by atoms with Crippen LogP contribution in [0.1, 0.15) is 26.7 Å². The summed E-state index contributed by atoms with van der Waals surface area (Å²) in [6.45, 7) is 4.78. The Hall–Kier alpha value is -1.35. The van der Waals surface area contributed by atoms with Gasteiger partial charge >= 0.3 is 0 Å². The fraction of sp³-hybridized carbons (Fsp3) is 0.864. The second kappa shape index (κ2) is 11.6. The molecular formula is C22H41N5O7. The highest BCUT2D eigenvalue weighted by Crippen LogP contribution is 2.36. The number of hydrogen-bond donors (Lipinski definition) is 8. The molecular weight excluding hydrogens is 446 g/mol. The van der Waals surface area contributed by atoms with Crippen molar-refractivity contribution < 1.29 is 34.3 Å². The average Bonchev–Trinajstić information content (AvgIpc) is 2.78. The first-order chi connectivity index (χ1) is 16.1. The van der Waals surface area contributed by atoms with Gasteiger partial charge < -0.3 is 56.9 Å². The van der Waals surface area contributed by atoms with Gasteiger partial charge in [0.1, 0.15) is 29.7 Å². The van der Waals surface area contributed by atoms with Gasteiger partial charge in [-0.25, -0.2) is 0 Å². The summed E-state index contributed by atoms with van der Waals surface area (Å²) in [6, 6.07) is -2.25. The maximum atomic E-state index is 11.4. The van der Waals surface area contributed by atoms with Gasteiger partial charge in [-0.05, 0) is 39.4 Å². The second-order valence-corrected chi connectivity index (χ2v) is 9.69. The van der Waals surface area contributed by atoms with Crippen LogP contribution in [0.2, 0.25) is 0 Å². The molecule has 12 nitrogen and oxygen atoms in total. The quantitative estimate of drug-likeness (QED) is 0.153. The molecule has 11 atom stereocenters. The highest BCUT2D eigenvalue weighted by Gasteiger charge is 2.53. The molecule has 0 aromatic heterocycles. The number of nitrogens with two attached hydrogens (primary N) is 2. The average molecular weight is 488 g/mol. The fourth-order valence-corrected chi connectivity index (χ4v) is 5.32. The molecule has 2 fully saturated rings. The van der Waals surface area contributed by atoms with Gasteiger partial charge in [0, 0.05) is 18.0 Å². The molecule has 1 aliphatic carbocycles. The van der Waals surface area contributed by atoms with Crippen molar-refractivity contribution in [1.29, 1.82) is 0 Å². The molecule has 34 heavy (non-hydrogen) atoms. The molecule has 1 saturated heterocycles. The molecule has 3 aliphatic rings. The van der Waals surface area contributed by atoms with E-state index in [1.807, 2.05) is 13.0 Å². The van der Waals surface area contributed by atoms with Gasteiger partial charge in [0.15, 0.2) is 6.29 Å². The van der Waals surface area contributed by atoms with E-state index in [4.69, 9.17) is 25.7 Å². The molecule has 2 aliphatic heterocycles. The lowest BCUT2D eigenvalue weighted by molar-refractivity contribution is -0.297. The molecule has 3 rings (SSSR count). The van der Waals surface area contributed by atoms with Crippen molar-refractivity contribution in [2.45, 2.75) is 87.2 Å². The number of rotatable bonds is 9. The summed E-state index contributed by atoms with van der Waals surface area (Å²) in [5, 5.41) is 41.5. The van der Waals surface area contributed by atoms with Gasteiger partial charge in [0.25, 0.3) is 0 Å². The van der Waals surface area contributed by atoms with Crippen molar-refractivity contribution in [1.82, 2.24) is 16.0 Å². The molecule has 1 amide bonds. The molecule has 12 heteroatoms. The molecule has 11 unspecified atom stereocenters. The zero-order chi connectivity index (χ0) is 25.0. The van der Waals surface area contributed by atoms with Crippen LogP contribution < -0.4 is 27.4 Å². The molecule has 196 valence electrons. The third-order valence-corrected chi connectivity index (χ3v) is 7.12. The number of amides is 1. The number of nitrogens with one attached hydrogen (secondary N) is 3. The van der Waals surface area contributed by atoms with Crippen molar-refractivity contribution in [3.8, 4) is 0 Å². The van der Waals surface area contributed by atoms with Crippen molar-refractivity contribution >= 4 is 6.41 Å². The number of likely N-dealkylation sites (N-methyl/N-ethyl adjacent to an activating group) is 2. The summed E-state index contributed by atoms with van der Waals surface area (Å²) in [5.41, 5.74) is 11.5. The van der Waals surface area contributed by atoms with Crippen LogP contribution in [-0.2, 0) is 19.0 Å². The predicted molar refractivity (Wildman–Crippen MR) is 123 cm³/mol. The number of aliphatic hydroxyl groups is 3. The Labute approximate surface area is 200 Å². The van der Waals surface area contributed by atoms with Gasteiger partial charge in [0.2, 0.25) is 6.41 Å². The monoisotopic (exact) mass is 487 g/mol. The predicted octanol–water partition coefficient (Wildman–Crippen LogP) is -3.14. The first-order valence-electron chi connectivity index (χ1n) is 11.9. The van der Waals surface area contributed by atoms with Crippen molar-refractivity contribution in [2.75, 3.05) is 26.7 Å². The largest absolute Gasteiger partial charge is 0.492 e. The number of ether oxygens (including phenoxy) is 3. The third kappa shape index (κ3) is 5.72. The molecule has 0 aromatic carbocycles. The van der Waals surface area contributed by atoms with E-state index in [-0.39, 0.29) is 12.6 Å². The third-order valence-electron chi connectivity index (χ3n) is 7.12. The lowest BCUT2D eigenvalue weighted by Crippen LogP contribution is -2.69. The van der Waals surface area contributed by atoms with Crippen LogP contribution in [0.4, 0.5) is 0 Å². The molecule has 0 spiro atoms. The SMILES string of the molecule is CCNCC1=CCC(N)C(C2C(N)CC(NC=O)C(OC3OCC(C)(O)C(NC)C3O)C2O)O1. The van der Waals surface area contributed by atoms with E-state index in [0.717, 1.165) is 12.3 Å². The van der Waals surface area contributed by atoms with Crippen molar-refractivity contribution in [3.63, 3.8) is 0 Å². The van der Waals surface area contributed by atoms with Crippen LogP contribution in [0.5, 0.6) is 0 Å². The minimum Gasteiger partial charge on any atom is -0.492 e. The Morgan fingerprint density at radius 1 is 1.29 bits per heavy atom. The van der Waals surface area contributed by atoms with Gasteiger partial charge in [-0.2, -0.15) is 0 Å². The molecule has 1 saturated carbocycles. The minimum atomic E-state index is -1.32. The molecule has 2 heterocycles. The second-order valence-electron chi connectivity index (χ2n) is 9.69. The van der Waals surface area contributed by atoms with Gasteiger partial charge in [-0.1, -0.05) is 6.92 Å². The highest BCUT2D eigenvalue weighted by molar-refractivity contribution is 5.47. The topological polar surface area (TPSA) is 194 Å². The van der Waals surface area contributed by atoms with E-state index in [2.05, 4.69) is 16.0 Å². The highest BCUT2D eigenvalue weighted by atomic mass is 16.7. The first-order valence-corrected chi connectivity index (χ1v) is 11.9. The van der Waals surface area contributed by atoms with Crippen LogP contribution in [-0.4, -0.2) is 109 Å². The number of hydrogen-bond acceptors (Lipinski definition) is 11. The fourth-order valence-electron chi connectivity index (χ4n) is 5.32. The molecule has 0 aromatic rings. The summed E-state index contributed by atoms with van der Waals surface area (Å²) >= 11 is 0. The zero-order valence-corrected chi connectivity index (χ0v) is 20.1. The summed E-state index contributed by atoms with van der Waals surface area (Å²) < 4.78 is 17.8. The normalized spacial score (nSPS) is 45.2. The Bertz CT molecular complexity index is 711. The molecule has 0 bridgehead atoms. The maximum absolute atomic E-state index is 11.4. The van der Waals surface area contributed by atoms with Crippen LogP contribution in [0.3, 0.4) is 0 Å². The summed E-state index contributed by atoms with van der Waals surface area (Å²) in [7, 11) is 1.62. The lowest BCUT2D eigenvalue weighted by Gasteiger charge is -2.50. The van der Waals surface area contributed by atoms with Gasteiger partial charge in [0.05, 0.1) is 31.3 Å². The van der Waals surface area contributed by atoms with E-state index < -0.39 is 60.4 Å². The van der Waals surface area contributed by atoms with E-state index in [9.17, 15) is 20.1 Å². The zero-order valence-electron chi connectivity index (χ0n) is 20.1. The van der Waals surface area contributed by atoms with E-state index in [1.54, 1.807) is 14.0 Å². The van der Waals surface area contributed by atoms with Crippen LogP contribution in [0, 0.1) is 5.92 Å². The van der Waals surface area contributed by atoms with Crippen LogP contribution >= 0.6 is 0 Å². The smallest absolute Gasteiger partial charge is 0.207 e. The first kappa shape index (κ1) is 27.2. The number of aliphatic hydroxyl groups excluding tert-OH is 2. The maximum Gasteiger partial charge on any atom is 0.207 e. The van der Waals surface area contributed by atoms with E-state index in [1.165, 1.54) is 0 Å². The number of carbonyl (C=O) groups excluding carboxylic acids is 1. The molecule has 10 N–H and O–H groups in total. The van der Waals surface area contributed by atoms with E-state index in [0.29, 0.717) is 25.8 Å². The van der Waals surface area contributed by atoms with Crippen molar-refractivity contribution in [2.24, 2.45) is 17.4 Å². The van der Waals surface area contributed by atoms with Crippen LogP contribution in [0.25, 0.3) is 0 Å². The van der Waals surface area contributed by atoms with Gasteiger partial charge in [-0.3, -0.25) is 4.79 Å². The molecule has 0 radical (unpaired) electrons. The summed E-state index contributed by atoms with van der Waals surface area (Å²) in [6.07, 6.45) is -1.70. The lowest BCUT2D eigenvalue weighted by atomic mass is 9.72. The number of carbonyl (C=O) groups is 1. The van der Waals surface area contributed by atoms with Crippen LogP contribution in [0.15, 0.2) is 11.8 Å². The Morgan fingerprint density at radius 2 is 2.03 bits per heavy atom. The minimum absolute atomic E-state index is 0.0903. The van der Waals surface area contributed by atoms with E-state index >= 15 is 0 Å². The van der Waals surface area contributed by atoms with Gasteiger partial charge in [-0.15, -0.1) is 0 Å². The Kier molecular flexibility index (Phi) is 9.29. The summed E-state index contributed by atoms with van der Waals surface area (Å²) in [4.78, 5) is 11.3. The Balaban J connectivity index is 1.80.